The summed E-state index contributed by atoms with van der Waals surface area (Å²) in [4.78, 5) is 0. The lowest BCUT2D eigenvalue weighted by atomic mass is 9.76. The molecule has 0 unspecified atom stereocenters. The summed E-state index contributed by atoms with van der Waals surface area (Å²) >= 11 is 0. The average molecular weight is 324 g/mol. The molecule has 0 aromatic heterocycles. The van der Waals surface area contributed by atoms with Crippen LogP contribution in [0.15, 0.2) is 12.1 Å². The molecule has 0 spiro atoms. The maximum atomic E-state index is 14.6. The smallest absolute Gasteiger partial charge is 0.399 e. The molecule has 2 aliphatic rings. The van der Waals surface area contributed by atoms with E-state index in [4.69, 9.17) is 9.31 Å². The molecule has 1 N–H and O–H groups in total. The predicted octanol–water partition coefficient (Wildman–Crippen LogP) is 3.03. The van der Waals surface area contributed by atoms with E-state index in [1.54, 1.807) is 0 Å². The fraction of sp³-hybridized carbons (Fsp3) is 0.647. The molecule has 2 fully saturated rings. The lowest BCUT2D eigenvalue weighted by molar-refractivity contribution is 0.00578. The highest BCUT2D eigenvalue weighted by molar-refractivity contribution is 6.62. The van der Waals surface area contributed by atoms with Gasteiger partial charge in [-0.15, -0.1) is 0 Å². The van der Waals surface area contributed by atoms with Crippen molar-refractivity contribution in [3.05, 3.63) is 29.3 Å². The van der Waals surface area contributed by atoms with Gasteiger partial charge in [-0.25, -0.2) is 8.78 Å². The van der Waals surface area contributed by atoms with Crippen molar-refractivity contribution in [1.29, 1.82) is 0 Å². The first-order chi connectivity index (χ1) is 10.6. The summed E-state index contributed by atoms with van der Waals surface area (Å²) in [6, 6.07) is 2.43. The molecular formula is C17H23BF2O3. The summed E-state index contributed by atoms with van der Waals surface area (Å²) in [6.45, 7) is 7.33. The van der Waals surface area contributed by atoms with Crippen molar-refractivity contribution in [3.8, 4) is 0 Å². The van der Waals surface area contributed by atoms with Crippen molar-refractivity contribution < 1.29 is 23.2 Å². The van der Waals surface area contributed by atoms with E-state index >= 15 is 0 Å². The molecule has 0 radical (unpaired) electrons. The Morgan fingerprint density at radius 3 is 1.83 bits per heavy atom. The summed E-state index contributed by atoms with van der Waals surface area (Å²) in [5.41, 5.74) is -2.40. The Bertz CT molecular complexity index is 585. The van der Waals surface area contributed by atoms with Crippen LogP contribution in [-0.2, 0) is 14.9 Å². The first-order valence-electron chi connectivity index (χ1n) is 8.13. The molecule has 0 amide bonds. The van der Waals surface area contributed by atoms with Crippen molar-refractivity contribution >= 4 is 12.6 Å². The average Bonchev–Trinajstić information content (AvgIpc) is 2.92. The summed E-state index contributed by atoms with van der Waals surface area (Å²) < 4.78 is 40.6. The zero-order valence-corrected chi connectivity index (χ0v) is 14.1. The Morgan fingerprint density at radius 2 is 1.39 bits per heavy atom. The summed E-state index contributed by atoms with van der Waals surface area (Å²) in [6.07, 6.45) is 2.78. The Morgan fingerprint density at radius 1 is 0.957 bits per heavy atom. The Labute approximate surface area is 136 Å². The molecule has 6 heteroatoms. The molecule has 1 aliphatic heterocycles. The summed E-state index contributed by atoms with van der Waals surface area (Å²) in [5.74, 6) is -1.47. The quantitative estimate of drug-likeness (QED) is 0.850. The van der Waals surface area contributed by atoms with Crippen LogP contribution < -0.4 is 5.46 Å². The molecule has 1 aromatic rings. The van der Waals surface area contributed by atoms with E-state index in [2.05, 4.69) is 0 Å². The first kappa shape index (κ1) is 16.9. The number of aliphatic hydroxyl groups is 1. The van der Waals surface area contributed by atoms with Gasteiger partial charge >= 0.3 is 7.12 Å². The van der Waals surface area contributed by atoms with Crippen LogP contribution in [0.4, 0.5) is 8.78 Å². The third-order valence-corrected chi connectivity index (χ3v) is 5.54. The highest BCUT2D eigenvalue weighted by Gasteiger charge is 2.53. The molecule has 1 saturated carbocycles. The molecule has 126 valence electrons. The molecule has 1 aromatic carbocycles. The van der Waals surface area contributed by atoms with E-state index in [9.17, 15) is 13.9 Å². The van der Waals surface area contributed by atoms with E-state index in [1.165, 1.54) is 12.1 Å². The van der Waals surface area contributed by atoms with Crippen molar-refractivity contribution in [1.82, 2.24) is 0 Å². The topological polar surface area (TPSA) is 38.7 Å². The Balaban J connectivity index is 1.96. The van der Waals surface area contributed by atoms with Gasteiger partial charge in [-0.3, -0.25) is 0 Å². The van der Waals surface area contributed by atoms with E-state index in [1.807, 2.05) is 27.7 Å². The lowest BCUT2D eigenvalue weighted by Crippen LogP contribution is -2.41. The van der Waals surface area contributed by atoms with Gasteiger partial charge in [0, 0.05) is 0 Å². The zero-order valence-electron chi connectivity index (χ0n) is 14.1. The zero-order chi connectivity index (χ0) is 17.0. The van der Waals surface area contributed by atoms with Gasteiger partial charge in [0.25, 0.3) is 0 Å². The SMILES string of the molecule is CC1(C)OB(c2c(F)cc(C3(O)CCCC3)cc2F)OC1(C)C. The second kappa shape index (κ2) is 5.26. The molecule has 1 aliphatic carbocycles. The van der Waals surface area contributed by atoms with Gasteiger partial charge in [0.2, 0.25) is 0 Å². The third kappa shape index (κ3) is 2.71. The normalized spacial score (nSPS) is 25.1. The van der Waals surface area contributed by atoms with Crippen molar-refractivity contribution in [3.63, 3.8) is 0 Å². The maximum Gasteiger partial charge on any atom is 0.500 e. The van der Waals surface area contributed by atoms with Crippen molar-refractivity contribution in [2.75, 3.05) is 0 Å². The van der Waals surface area contributed by atoms with Crippen LogP contribution in [0.3, 0.4) is 0 Å². The monoisotopic (exact) mass is 324 g/mol. The molecule has 23 heavy (non-hydrogen) atoms. The minimum atomic E-state index is -1.13. The van der Waals surface area contributed by atoms with Crippen LogP contribution in [0.2, 0.25) is 0 Å². The van der Waals surface area contributed by atoms with E-state index in [0.29, 0.717) is 18.4 Å². The number of hydrogen-bond acceptors (Lipinski definition) is 3. The molecule has 1 saturated heterocycles. The minimum Gasteiger partial charge on any atom is -0.399 e. The van der Waals surface area contributed by atoms with Crippen LogP contribution in [-0.4, -0.2) is 23.4 Å². The summed E-state index contributed by atoms with van der Waals surface area (Å²) in [7, 11) is -1.09. The second-order valence-corrected chi connectivity index (χ2v) is 7.68. The Kier molecular flexibility index (Phi) is 3.86. The third-order valence-electron chi connectivity index (χ3n) is 5.54. The maximum absolute atomic E-state index is 14.6. The predicted molar refractivity (Wildman–Crippen MR) is 84.4 cm³/mol. The van der Waals surface area contributed by atoms with Gasteiger partial charge in [0.15, 0.2) is 0 Å². The van der Waals surface area contributed by atoms with E-state index in [0.717, 1.165) is 12.8 Å². The van der Waals surface area contributed by atoms with Gasteiger partial charge in [0.1, 0.15) is 11.6 Å². The number of halogens is 2. The largest absolute Gasteiger partial charge is 0.500 e. The second-order valence-electron chi connectivity index (χ2n) is 7.68. The van der Waals surface area contributed by atoms with Gasteiger partial charge in [0.05, 0.1) is 22.3 Å². The molecule has 1 heterocycles. The molecular weight excluding hydrogens is 301 g/mol. The van der Waals surface area contributed by atoms with Crippen LogP contribution in [0.5, 0.6) is 0 Å². The first-order valence-corrected chi connectivity index (χ1v) is 8.13. The number of hydrogen-bond donors (Lipinski definition) is 1. The number of benzene rings is 1. The van der Waals surface area contributed by atoms with Gasteiger partial charge in [-0.05, 0) is 58.2 Å². The van der Waals surface area contributed by atoms with Crippen LogP contribution in [0.25, 0.3) is 0 Å². The molecule has 3 rings (SSSR count). The van der Waals surface area contributed by atoms with Crippen LogP contribution >= 0.6 is 0 Å². The van der Waals surface area contributed by atoms with Gasteiger partial charge < -0.3 is 14.4 Å². The highest BCUT2D eigenvalue weighted by Crippen LogP contribution is 2.40. The van der Waals surface area contributed by atoms with Crippen molar-refractivity contribution in [2.24, 2.45) is 0 Å². The Hall–Kier alpha value is -0.975. The summed E-state index contributed by atoms with van der Waals surface area (Å²) in [5, 5.41) is 10.5. The molecule has 3 nitrogen and oxygen atoms in total. The fourth-order valence-corrected chi connectivity index (χ4v) is 3.29. The van der Waals surface area contributed by atoms with E-state index < -0.39 is 35.6 Å². The van der Waals surface area contributed by atoms with Crippen molar-refractivity contribution in [2.45, 2.75) is 70.2 Å². The van der Waals surface area contributed by atoms with Gasteiger partial charge in [-0.2, -0.15) is 0 Å². The standard InChI is InChI=1S/C17H23BF2O3/c1-15(2)16(3,4)23-18(22-15)14-12(19)9-11(10-13(14)20)17(21)7-5-6-8-17/h9-10,21H,5-8H2,1-4H3. The van der Waals surface area contributed by atoms with Gasteiger partial charge in [-0.1, -0.05) is 12.8 Å². The van der Waals surface area contributed by atoms with E-state index in [-0.39, 0.29) is 5.46 Å². The number of rotatable bonds is 2. The lowest BCUT2D eigenvalue weighted by Gasteiger charge is -2.32. The molecule has 0 atom stereocenters. The minimum absolute atomic E-state index is 0.228. The molecule has 0 bridgehead atoms. The highest BCUT2D eigenvalue weighted by atomic mass is 19.1. The van der Waals surface area contributed by atoms with Crippen LogP contribution in [0, 0.1) is 11.6 Å². The fourth-order valence-electron chi connectivity index (χ4n) is 3.29. The van der Waals surface area contributed by atoms with Crippen LogP contribution in [0.1, 0.15) is 58.9 Å².